The van der Waals surface area contributed by atoms with Crippen molar-refractivity contribution in [2.75, 3.05) is 27.3 Å². The first kappa shape index (κ1) is 10.5. The maximum Gasteiger partial charge on any atom is 0.322 e. The zero-order valence-electron chi connectivity index (χ0n) is 8.45. The normalized spacial score (nSPS) is 25.9. The lowest BCUT2D eigenvalue weighted by Crippen LogP contribution is -2.38. The molecule has 0 radical (unpaired) electrons. The highest BCUT2D eigenvalue weighted by Gasteiger charge is 2.29. The molecule has 1 rings (SSSR count). The fraction of sp³-hybridized carbons (Fsp3) is 0.889. The summed E-state index contributed by atoms with van der Waals surface area (Å²) in [5, 5.41) is 0. The van der Waals surface area contributed by atoms with Crippen LogP contribution in [-0.2, 0) is 14.3 Å². The lowest BCUT2D eigenvalue weighted by atomic mass is 10.3. The van der Waals surface area contributed by atoms with E-state index in [1.54, 1.807) is 7.11 Å². The minimum atomic E-state index is -0.170. The van der Waals surface area contributed by atoms with Gasteiger partial charge in [0.25, 0.3) is 0 Å². The first-order valence-electron chi connectivity index (χ1n) is 4.53. The molecule has 2 atom stereocenters. The van der Waals surface area contributed by atoms with Crippen LogP contribution in [0.3, 0.4) is 0 Å². The Kier molecular flexibility index (Phi) is 3.69. The van der Waals surface area contributed by atoms with Gasteiger partial charge in [-0.25, -0.2) is 0 Å². The van der Waals surface area contributed by atoms with Crippen molar-refractivity contribution in [3.63, 3.8) is 0 Å². The van der Waals surface area contributed by atoms with Gasteiger partial charge in [0.05, 0.1) is 13.2 Å². The smallest absolute Gasteiger partial charge is 0.322 e. The number of hydrogen-bond donors (Lipinski definition) is 0. The lowest BCUT2D eigenvalue weighted by Gasteiger charge is -2.21. The third-order valence-electron chi connectivity index (χ3n) is 2.60. The van der Waals surface area contributed by atoms with Crippen molar-refractivity contribution in [1.29, 1.82) is 0 Å². The summed E-state index contributed by atoms with van der Waals surface area (Å²) in [5.41, 5.74) is 0. The molecule has 0 saturated carbocycles. The van der Waals surface area contributed by atoms with Crippen LogP contribution in [0, 0.1) is 0 Å². The van der Waals surface area contributed by atoms with Crippen LogP contribution in [0.5, 0.6) is 0 Å². The van der Waals surface area contributed by atoms with Crippen molar-refractivity contribution in [3.8, 4) is 0 Å². The minimum Gasteiger partial charge on any atom is -0.468 e. The van der Waals surface area contributed by atoms with Gasteiger partial charge in [0.1, 0.15) is 6.04 Å². The Labute approximate surface area is 78.8 Å². The van der Waals surface area contributed by atoms with Crippen molar-refractivity contribution in [2.24, 2.45) is 0 Å². The van der Waals surface area contributed by atoms with E-state index in [2.05, 4.69) is 9.64 Å². The number of likely N-dealkylation sites (tertiary alicyclic amines) is 1. The SMILES string of the molecule is COC(=O)C(C)N1CCC(OC)C1. The van der Waals surface area contributed by atoms with E-state index in [9.17, 15) is 4.79 Å². The van der Waals surface area contributed by atoms with Crippen molar-refractivity contribution in [3.05, 3.63) is 0 Å². The van der Waals surface area contributed by atoms with Gasteiger partial charge in [-0.1, -0.05) is 0 Å². The summed E-state index contributed by atoms with van der Waals surface area (Å²) in [5.74, 6) is -0.170. The Bertz CT molecular complexity index is 184. The molecule has 0 amide bonds. The molecule has 0 bridgehead atoms. The Balaban J connectivity index is 2.41. The number of hydrogen-bond acceptors (Lipinski definition) is 4. The summed E-state index contributed by atoms with van der Waals surface area (Å²) in [4.78, 5) is 13.3. The van der Waals surface area contributed by atoms with Gasteiger partial charge < -0.3 is 9.47 Å². The maximum absolute atomic E-state index is 11.2. The van der Waals surface area contributed by atoms with Gasteiger partial charge in [-0.05, 0) is 13.3 Å². The van der Waals surface area contributed by atoms with Gasteiger partial charge >= 0.3 is 5.97 Å². The molecule has 1 aliphatic rings. The van der Waals surface area contributed by atoms with Gasteiger partial charge in [0.15, 0.2) is 0 Å². The van der Waals surface area contributed by atoms with Crippen LogP contribution in [0.1, 0.15) is 13.3 Å². The molecule has 4 heteroatoms. The zero-order chi connectivity index (χ0) is 9.84. The van der Waals surface area contributed by atoms with Gasteiger partial charge in [-0.3, -0.25) is 9.69 Å². The van der Waals surface area contributed by atoms with Gasteiger partial charge in [0, 0.05) is 20.2 Å². The molecule has 1 aliphatic heterocycles. The summed E-state index contributed by atoms with van der Waals surface area (Å²) in [6.07, 6.45) is 1.27. The number of ether oxygens (including phenoxy) is 2. The number of nitrogens with zero attached hydrogens (tertiary/aromatic N) is 1. The molecule has 0 aromatic carbocycles. The van der Waals surface area contributed by atoms with E-state index in [0.717, 1.165) is 19.5 Å². The van der Waals surface area contributed by atoms with Crippen molar-refractivity contribution in [1.82, 2.24) is 4.90 Å². The lowest BCUT2D eigenvalue weighted by molar-refractivity contribution is -0.146. The highest BCUT2D eigenvalue weighted by molar-refractivity contribution is 5.75. The molecule has 13 heavy (non-hydrogen) atoms. The average molecular weight is 187 g/mol. The molecule has 4 nitrogen and oxygen atoms in total. The van der Waals surface area contributed by atoms with Crippen LogP contribution in [0.4, 0.5) is 0 Å². The molecule has 0 N–H and O–H groups in total. The summed E-state index contributed by atoms with van der Waals surface area (Å²) in [6.45, 7) is 3.60. The number of methoxy groups -OCH3 is 2. The van der Waals surface area contributed by atoms with E-state index in [1.807, 2.05) is 6.92 Å². The van der Waals surface area contributed by atoms with E-state index in [-0.39, 0.29) is 18.1 Å². The zero-order valence-corrected chi connectivity index (χ0v) is 8.45. The maximum atomic E-state index is 11.2. The van der Waals surface area contributed by atoms with E-state index >= 15 is 0 Å². The summed E-state index contributed by atoms with van der Waals surface area (Å²) in [6, 6.07) is -0.148. The molecular weight excluding hydrogens is 170 g/mol. The number of carbonyl (C=O) groups excluding carboxylic acids is 1. The van der Waals surface area contributed by atoms with Crippen molar-refractivity contribution < 1.29 is 14.3 Å². The Hall–Kier alpha value is -0.610. The van der Waals surface area contributed by atoms with Crippen molar-refractivity contribution in [2.45, 2.75) is 25.5 Å². The molecule has 0 aromatic rings. The fourth-order valence-electron chi connectivity index (χ4n) is 1.62. The molecular formula is C9H17NO3. The minimum absolute atomic E-state index is 0.148. The van der Waals surface area contributed by atoms with E-state index in [4.69, 9.17) is 4.74 Å². The molecule has 76 valence electrons. The first-order chi connectivity index (χ1) is 6.19. The Morgan fingerprint density at radius 2 is 2.23 bits per heavy atom. The first-order valence-corrected chi connectivity index (χ1v) is 4.53. The predicted octanol–water partition coefficient (Wildman–Crippen LogP) is 0.269. The van der Waals surface area contributed by atoms with Crippen LogP contribution in [-0.4, -0.2) is 50.3 Å². The van der Waals surface area contributed by atoms with Gasteiger partial charge in [-0.2, -0.15) is 0 Å². The summed E-state index contributed by atoms with van der Waals surface area (Å²) < 4.78 is 9.88. The highest BCUT2D eigenvalue weighted by atomic mass is 16.5. The summed E-state index contributed by atoms with van der Waals surface area (Å²) >= 11 is 0. The molecule has 0 aromatic heterocycles. The number of carbonyl (C=O) groups is 1. The van der Waals surface area contributed by atoms with Crippen LogP contribution >= 0.6 is 0 Å². The molecule has 2 unspecified atom stereocenters. The quantitative estimate of drug-likeness (QED) is 0.594. The number of rotatable bonds is 3. The highest BCUT2D eigenvalue weighted by Crippen LogP contribution is 2.15. The molecule has 1 heterocycles. The third kappa shape index (κ3) is 2.42. The van der Waals surface area contributed by atoms with Crippen molar-refractivity contribution >= 4 is 5.97 Å². The topological polar surface area (TPSA) is 38.8 Å². The fourth-order valence-corrected chi connectivity index (χ4v) is 1.62. The van der Waals surface area contributed by atoms with Crippen LogP contribution in [0.15, 0.2) is 0 Å². The van der Waals surface area contributed by atoms with Crippen LogP contribution in [0.25, 0.3) is 0 Å². The average Bonchev–Trinajstić information content (AvgIpc) is 2.63. The second kappa shape index (κ2) is 4.58. The van der Waals surface area contributed by atoms with Crippen LogP contribution in [0.2, 0.25) is 0 Å². The summed E-state index contributed by atoms with van der Waals surface area (Å²) in [7, 11) is 3.12. The monoisotopic (exact) mass is 187 g/mol. The molecule has 1 fully saturated rings. The molecule has 0 spiro atoms. The molecule has 0 aliphatic carbocycles. The van der Waals surface area contributed by atoms with Crippen LogP contribution < -0.4 is 0 Å². The Morgan fingerprint density at radius 3 is 2.69 bits per heavy atom. The largest absolute Gasteiger partial charge is 0.468 e. The second-order valence-electron chi connectivity index (χ2n) is 3.34. The predicted molar refractivity (Wildman–Crippen MR) is 48.5 cm³/mol. The standard InChI is InChI=1S/C9H17NO3/c1-7(9(11)13-3)10-5-4-8(6-10)12-2/h7-8H,4-6H2,1-3H3. The molecule has 1 saturated heterocycles. The van der Waals surface area contributed by atoms with E-state index in [1.165, 1.54) is 7.11 Å². The third-order valence-corrected chi connectivity index (χ3v) is 2.60. The number of esters is 1. The van der Waals surface area contributed by atoms with Gasteiger partial charge in [0.2, 0.25) is 0 Å². The second-order valence-corrected chi connectivity index (χ2v) is 3.34. The van der Waals surface area contributed by atoms with Gasteiger partial charge in [-0.15, -0.1) is 0 Å². The Morgan fingerprint density at radius 1 is 1.54 bits per heavy atom. The van der Waals surface area contributed by atoms with E-state index in [0.29, 0.717) is 0 Å². The van der Waals surface area contributed by atoms with E-state index < -0.39 is 0 Å².